The van der Waals surface area contributed by atoms with E-state index in [1.807, 2.05) is 6.07 Å². The minimum atomic E-state index is -4.72. The molecule has 1 aliphatic carbocycles. The molecule has 1 aliphatic rings. The number of benzene rings is 1. The molecule has 136 valence electrons. The first-order chi connectivity index (χ1) is 11.7. The lowest BCUT2D eigenvalue weighted by molar-refractivity contribution is -0.197. The fourth-order valence-corrected chi connectivity index (χ4v) is 3.12. The van der Waals surface area contributed by atoms with Crippen molar-refractivity contribution in [2.45, 2.75) is 56.4 Å². The molecule has 0 aromatic heterocycles. The summed E-state index contributed by atoms with van der Waals surface area (Å²) in [6.45, 7) is 1.80. The van der Waals surface area contributed by atoms with Crippen molar-refractivity contribution in [1.82, 2.24) is 4.90 Å². The van der Waals surface area contributed by atoms with Crippen molar-refractivity contribution in [3.63, 3.8) is 0 Å². The summed E-state index contributed by atoms with van der Waals surface area (Å²) in [4.78, 5) is 13.4. The predicted octanol–water partition coefficient (Wildman–Crippen LogP) is 4.06. The molecular formula is C17H19BrF3N3O. The van der Waals surface area contributed by atoms with Gasteiger partial charge in [-0.25, -0.2) is 0 Å². The summed E-state index contributed by atoms with van der Waals surface area (Å²) >= 11 is 3.19. The highest BCUT2D eigenvalue weighted by Crippen LogP contribution is 2.50. The number of nitrogens with two attached hydrogens (primary N) is 1. The van der Waals surface area contributed by atoms with E-state index in [1.54, 1.807) is 6.92 Å². The molecule has 2 atom stereocenters. The molecule has 25 heavy (non-hydrogen) atoms. The molecule has 1 saturated carbocycles. The largest absolute Gasteiger partial charge is 0.413 e. The fourth-order valence-electron chi connectivity index (χ4n) is 2.85. The lowest BCUT2D eigenvalue weighted by Gasteiger charge is -2.38. The molecule has 8 heteroatoms. The van der Waals surface area contributed by atoms with Gasteiger partial charge in [-0.05, 0) is 37.0 Å². The zero-order valence-corrected chi connectivity index (χ0v) is 15.3. The fraction of sp³-hybridized carbons (Fsp3) is 0.529. The number of nitrogens with zero attached hydrogens (tertiary/aromatic N) is 2. The Balaban J connectivity index is 2.53. The quantitative estimate of drug-likeness (QED) is 0.758. The molecule has 4 nitrogen and oxygen atoms in total. The highest BCUT2D eigenvalue weighted by atomic mass is 79.9. The van der Waals surface area contributed by atoms with Crippen LogP contribution in [0.4, 0.5) is 13.2 Å². The van der Waals surface area contributed by atoms with Crippen LogP contribution >= 0.6 is 15.9 Å². The molecule has 0 unspecified atom stereocenters. The van der Waals surface area contributed by atoms with Gasteiger partial charge in [0.25, 0.3) is 0 Å². The third kappa shape index (κ3) is 4.15. The van der Waals surface area contributed by atoms with Gasteiger partial charge in [-0.15, -0.1) is 0 Å². The van der Waals surface area contributed by atoms with Crippen molar-refractivity contribution in [1.29, 1.82) is 5.26 Å². The van der Waals surface area contributed by atoms with Crippen LogP contribution in [0, 0.1) is 11.3 Å². The van der Waals surface area contributed by atoms with E-state index >= 15 is 0 Å². The molecule has 1 aromatic carbocycles. The summed E-state index contributed by atoms with van der Waals surface area (Å²) in [5.41, 5.74) is 4.29. The minimum Gasteiger partial charge on any atom is -0.320 e. The first-order valence-electron chi connectivity index (χ1n) is 7.98. The van der Waals surface area contributed by atoms with Gasteiger partial charge in [-0.3, -0.25) is 4.79 Å². The molecular weight excluding hydrogens is 399 g/mol. The topological polar surface area (TPSA) is 70.1 Å². The predicted molar refractivity (Wildman–Crippen MR) is 90.2 cm³/mol. The summed E-state index contributed by atoms with van der Waals surface area (Å²) in [5.74, 6) is -0.828. The van der Waals surface area contributed by atoms with Crippen molar-refractivity contribution in [3.8, 4) is 6.07 Å². The highest BCUT2D eigenvalue weighted by Gasteiger charge is 2.60. The van der Waals surface area contributed by atoms with Crippen LogP contribution in [0.25, 0.3) is 0 Å². The van der Waals surface area contributed by atoms with Gasteiger partial charge in [0.1, 0.15) is 5.54 Å². The van der Waals surface area contributed by atoms with Gasteiger partial charge in [0.15, 0.2) is 6.04 Å². The molecule has 0 radical (unpaired) electrons. The number of halogens is 4. The number of hydrogen-bond acceptors (Lipinski definition) is 3. The van der Waals surface area contributed by atoms with Crippen molar-refractivity contribution < 1.29 is 18.0 Å². The lowest BCUT2D eigenvalue weighted by atomic mass is 9.99. The number of hydrogen-bond donors (Lipinski definition) is 1. The van der Waals surface area contributed by atoms with Crippen LogP contribution in [0.15, 0.2) is 28.7 Å². The summed E-state index contributed by atoms with van der Waals surface area (Å²) in [6, 6.07) is 4.22. The van der Waals surface area contributed by atoms with E-state index in [9.17, 15) is 23.2 Å². The van der Waals surface area contributed by atoms with Gasteiger partial charge in [-0.1, -0.05) is 41.4 Å². The summed E-state index contributed by atoms with van der Waals surface area (Å²) in [7, 11) is 0. The number of alkyl halides is 3. The maximum Gasteiger partial charge on any atom is 0.413 e. The zero-order valence-electron chi connectivity index (χ0n) is 13.7. The Morgan fingerprint density at radius 3 is 2.36 bits per heavy atom. The molecule has 1 amide bonds. The zero-order chi connectivity index (χ0) is 18.8. The van der Waals surface area contributed by atoms with Gasteiger partial charge < -0.3 is 10.6 Å². The standard InChI is InChI=1S/C17H19BrF3N3O/c1-2-3-13(23)15(25)24(16(10-22)8-9-16)14(17(19,20)21)11-4-6-12(18)7-5-11/h4-7,13-14H,2-3,8-9,23H2,1H3/t13-,14-/m0/s1. The van der Waals surface area contributed by atoms with E-state index in [-0.39, 0.29) is 24.8 Å². The number of carbonyl (C=O) groups is 1. The third-order valence-electron chi connectivity index (χ3n) is 4.30. The molecule has 0 heterocycles. The first-order valence-corrected chi connectivity index (χ1v) is 8.78. The lowest BCUT2D eigenvalue weighted by Crippen LogP contribution is -2.54. The number of rotatable bonds is 6. The first kappa shape index (κ1) is 19.7. The Kier molecular flexibility index (Phi) is 5.79. The molecule has 0 bridgehead atoms. The number of amides is 1. The Hall–Kier alpha value is -1.59. The van der Waals surface area contributed by atoms with Gasteiger partial charge in [0.05, 0.1) is 12.1 Å². The Bertz CT molecular complexity index is 665. The van der Waals surface area contributed by atoms with E-state index in [4.69, 9.17) is 5.73 Å². The molecule has 0 aliphatic heterocycles. The maximum absolute atomic E-state index is 13.9. The van der Waals surface area contributed by atoms with E-state index in [2.05, 4.69) is 15.9 Å². The van der Waals surface area contributed by atoms with Crippen LogP contribution in [-0.4, -0.2) is 28.6 Å². The average Bonchev–Trinajstić information content (AvgIpc) is 3.33. The van der Waals surface area contributed by atoms with Crippen LogP contribution in [0.1, 0.15) is 44.2 Å². The van der Waals surface area contributed by atoms with Crippen LogP contribution in [0.3, 0.4) is 0 Å². The SMILES string of the molecule is CCC[C@H](N)C(=O)N([C@@H](c1ccc(Br)cc1)C(F)(F)F)C1(C#N)CC1. The second-order valence-corrected chi connectivity index (χ2v) is 7.16. The molecule has 1 aromatic rings. The Labute approximate surface area is 152 Å². The molecule has 2 N–H and O–H groups in total. The van der Waals surface area contributed by atoms with Crippen molar-refractivity contribution >= 4 is 21.8 Å². The monoisotopic (exact) mass is 417 g/mol. The van der Waals surface area contributed by atoms with E-state index < -0.39 is 29.7 Å². The summed E-state index contributed by atoms with van der Waals surface area (Å²) < 4.78 is 42.3. The van der Waals surface area contributed by atoms with Gasteiger partial charge in [0, 0.05) is 4.47 Å². The molecule has 0 spiro atoms. The minimum absolute atomic E-state index is 0.0886. The Morgan fingerprint density at radius 2 is 1.96 bits per heavy atom. The van der Waals surface area contributed by atoms with Gasteiger partial charge >= 0.3 is 6.18 Å². The van der Waals surface area contributed by atoms with E-state index in [1.165, 1.54) is 24.3 Å². The summed E-state index contributed by atoms with van der Waals surface area (Å²) in [6.07, 6.45) is -3.45. The normalized spacial score (nSPS) is 18.1. The molecule has 1 fully saturated rings. The van der Waals surface area contributed by atoms with E-state index in [0.29, 0.717) is 15.8 Å². The maximum atomic E-state index is 13.9. The number of nitriles is 1. The van der Waals surface area contributed by atoms with Crippen molar-refractivity contribution in [3.05, 3.63) is 34.3 Å². The van der Waals surface area contributed by atoms with Crippen LogP contribution in [0.5, 0.6) is 0 Å². The van der Waals surface area contributed by atoms with Crippen molar-refractivity contribution in [2.75, 3.05) is 0 Å². The third-order valence-corrected chi connectivity index (χ3v) is 4.83. The molecule has 2 rings (SSSR count). The van der Waals surface area contributed by atoms with Crippen molar-refractivity contribution in [2.24, 2.45) is 5.73 Å². The van der Waals surface area contributed by atoms with Gasteiger partial charge in [-0.2, -0.15) is 18.4 Å². The smallest absolute Gasteiger partial charge is 0.320 e. The van der Waals surface area contributed by atoms with Crippen LogP contribution in [-0.2, 0) is 4.79 Å². The highest BCUT2D eigenvalue weighted by molar-refractivity contribution is 9.10. The number of carbonyl (C=O) groups excluding carboxylic acids is 1. The van der Waals surface area contributed by atoms with E-state index in [0.717, 1.165) is 0 Å². The second-order valence-electron chi connectivity index (χ2n) is 6.24. The average molecular weight is 418 g/mol. The van der Waals surface area contributed by atoms with Gasteiger partial charge in [0.2, 0.25) is 5.91 Å². The summed E-state index contributed by atoms with van der Waals surface area (Å²) in [5, 5.41) is 9.43. The molecule has 0 saturated heterocycles. The Morgan fingerprint density at radius 1 is 1.40 bits per heavy atom. The van der Waals surface area contributed by atoms with Crippen LogP contribution < -0.4 is 5.73 Å². The second kappa shape index (κ2) is 7.34. The van der Waals surface area contributed by atoms with Crippen LogP contribution in [0.2, 0.25) is 0 Å².